The third-order valence-electron chi connectivity index (χ3n) is 2.49. The van der Waals surface area contributed by atoms with Gasteiger partial charge in [0.1, 0.15) is 5.75 Å². The van der Waals surface area contributed by atoms with Crippen LogP contribution in [0.1, 0.15) is 5.56 Å². The Hall–Kier alpha value is -2.67. The Balaban J connectivity index is 2.22. The number of nitrogens with zero attached hydrogens (tertiary/aromatic N) is 2. The molecular weight excluding hydrogens is 300 g/mol. The van der Waals surface area contributed by atoms with Gasteiger partial charge < -0.3 is 9.84 Å². The van der Waals surface area contributed by atoms with E-state index in [0.29, 0.717) is 11.3 Å². The Morgan fingerprint density at radius 3 is 2.62 bits per heavy atom. The van der Waals surface area contributed by atoms with Crippen molar-refractivity contribution in [1.82, 2.24) is 4.98 Å². The first-order valence-corrected chi connectivity index (χ1v) is 6.12. The zero-order chi connectivity index (χ0) is 15.4. The number of aromatic nitrogens is 1. The van der Waals surface area contributed by atoms with Gasteiger partial charge in [0.2, 0.25) is 0 Å². The number of halogens is 1. The molecule has 0 amide bonds. The first-order chi connectivity index (χ1) is 9.95. The second-order valence-corrected chi connectivity index (χ2v) is 4.49. The summed E-state index contributed by atoms with van der Waals surface area (Å²) in [4.78, 5) is 24.6. The second-order valence-electron chi connectivity index (χ2n) is 4.05. The fourth-order valence-corrected chi connectivity index (χ4v) is 1.74. The van der Waals surface area contributed by atoms with Crippen LogP contribution in [0.5, 0.6) is 11.6 Å². The molecule has 0 radical (unpaired) electrons. The van der Waals surface area contributed by atoms with Crippen LogP contribution in [-0.2, 0) is 11.2 Å². The normalized spacial score (nSPS) is 10.1. The third kappa shape index (κ3) is 3.90. The minimum absolute atomic E-state index is 0.111. The van der Waals surface area contributed by atoms with Gasteiger partial charge in [0.25, 0.3) is 5.88 Å². The monoisotopic (exact) mass is 308 g/mol. The van der Waals surface area contributed by atoms with Gasteiger partial charge in [-0.2, -0.15) is 0 Å². The van der Waals surface area contributed by atoms with Crippen LogP contribution in [0, 0.1) is 10.1 Å². The Kier molecular flexibility index (Phi) is 4.34. The lowest BCUT2D eigenvalue weighted by molar-refractivity contribution is -0.386. The van der Waals surface area contributed by atoms with E-state index in [4.69, 9.17) is 21.4 Å². The van der Waals surface area contributed by atoms with Crippen molar-refractivity contribution < 1.29 is 19.6 Å². The minimum atomic E-state index is -0.946. The molecule has 108 valence electrons. The van der Waals surface area contributed by atoms with Crippen LogP contribution in [0.4, 0.5) is 5.69 Å². The molecule has 0 saturated heterocycles. The molecule has 0 atom stereocenters. The van der Waals surface area contributed by atoms with Gasteiger partial charge in [0.15, 0.2) is 0 Å². The van der Waals surface area contributed by atoms with E-state index in [9.17, 15) is 14.9 Å². The van der Waals surface area contributed by atoms with Crippen molar-refractivity contribution in [2.75, 3.05) is 0 Å². The summed E-state index contributed by atoms with van der Waals surface area (Å²) in [6, 6.07) is 7.29. The number of carbonyl (C=O) groups is 1. The summed E-state index contributed by atoms with van der Waals surface area (Å²) >= 11 is 5.65. The molecule has 7 nitrogen and oxygen atoms in total. The highest BCUT2D eigenvalue weighted by Gasteiger charge is 2.18. The van der Waals surface area contributed by atoms with Crippen LogP contribution in [0.3, 0.4) is 0 Å². The van der Waals surface area contributed by atoms with Crippen LogP contribution in [0.15, 0.2) is 36.5 Å². The van der Waals surface area contributed by atoms with Crippen molar-refractivity contribution >= 4 is 23.3 Å². The molecule has 8 heteroatoms. The summed E-state index contributed by atoms with van der Waals surface area (Å²) in [5.74, 6) is -0.823. The second kappa shape index (κ2) is 6.19. The highest BCUT2D eigenvalue weighted by molar-refractivity contribution is 6.30. The molecule has 1 aromatic heterocycles. The molecule has 0 spiro atoms. The van der Waals surface area contributed by atoms with Crippen molar-refractivity contribution in [3.63, 3.8) is 0 Å². The molecule has 0 bridgehead atoms. The largest absolute Gasteiger partial charge is 0.481 e. The quantitative estimate of drug-likeness (QED) is 0.672. The van der Waals surface area contributed by atoms with Crippen LogP contribution < -0.4 is 4.74 Å². The van der Waals surface area contributed by atoms with Crippen LogP contribution in [-0.4, -0.2) is 21.0 Å². The van der Waals surface area contributed by atoms with E-state index in [-0.39, 0.29) is 23.0 Å². The molecule has 21 heavy (non-hydrogen) atoms. The summed E-state index contributed by atoms with van der Waals surface area (Å²) in [6.07, 6.45) is 1.13. The summed E-state index contributed by atoms with van der Waals surface area (Å²) in [5, 5.41) is 19.7. The first kappa shape index (κ1) is 14.7. The lowest BCUT2D eigenvalue weighted by Crippen LogP contribution is -2.00. The lowest BCUT2D eigenvalue weighted by atomic mass is 10.1. The minimum Gasteiger partial charge on any atom is -0.481 e. The molecule has 1 heterocycles. The predicted octanol–water partition coefficient (Wildman–Crippen LogP) is 3.06. The van der Waals surface area contributed by atoms with Gasteiger partial charge in [-0.25, -0.2) is 4.98 Å². The Morgan fingerprint density at radius 2 is 2.05 bits per heavy atom. The molecule has 0 aliphatic heterocycles. The predicted molar refractivity (Wildman–Crippen MR) is 73.8 cm³/mol. The van der Waals surface area contributed by atoms with Crippen molar-refractivity contribution in [3.8, 4) is 11.6 Å². The number of nitro groups is 1. The maximum atomic E-state index is 10.9. The van der Waals surface area contributed by atoms with Gasteiger partial charge >= 0.3 is 11.7 Å². The molecule has 1 N–H and O–H groups in total. The molecule has 1 aromatic carbocycles. The number of pyridine rings is 1. The summed E-state index contributed by atoms with van der Waals surface area (Å²) in [6.45, 7) is 0. The number of rotatable bonds is 5. The average molecular weight is 309 g/mol. The molecule has 0 saturated carbocycles. The van der Waals surface area contributed by atoms with Crippen molar-refractivity contribution in [1.29, 1.82) is 0 Å². The van der Waals surface area contributed by atoms with Crippen LogP contribution in [0.25, 0.3) is 0 Å². The standard InChI is InChI=1S/C13H9ClN2O5/c14-9-6-11(16(19)20)13(15-7-9)21-10-3-1-8(2-4-10)5-12(17)18/h1-4,6-7H,5H2,(H,17,18). The van der Waals surface area contributed by atoms with Crippen LogP contribution >= 0.6 is 11.6 Å². The van der Waals surface area contributed by atoms with Gasteiger partial charge in [-0.1, -0.05) is 23.7 Å². The lowest BCUT2D eigenvalue weighted by Gasteiger charge is -2.06. The number of aliphatic carboxylic acids is 1. The summed E-state index contributed by atoms with van der Waals surface area (Å²) in [7, 11) is 0. The van der Waals surface area contributed by atoms with E-state index in [2.05, 4.69) is 4.98 Å². The molecule has 2 aromatic rings. The number of hydrogen-bond donors (Lipinski definition) is 1. The smallest absolute Gasteiger partial charge is 0.332 e. The molecule has 0 aliphatic carbocycles. The maximum Gasteiger partial charge on any atom is 0.332 e. The number of carboxylic acids is 1. The van der Waals surface area contributed by atoms with Gasteiger partial charge in [0.05, 0.1) is 22.6 Å². The molecule has 0 aliphatic rings. The van der Waals surface area contributed by atoms with Crippen LogP contribution in [0.2, 0.25) is 5.02 Å². The van der Waals surface area contributed by atoms with Crippen molar-refractivity contribution in [3.05, 3.63) is 57.2 Å². The van der Waals surface area contributed by atoms with E-state index in [0.717, 1.165) is 6.07 Å². The highest BCUT2D eigenvalue weighted by Crippen LogP contribution is 2.31. The molecule has 2 rings (SSSR count). The Labute approximate surface area is 123 Å². The van der Waals surface area contributed by atoms with E-state index < -0.39 is 10.9 Å². The fourth-order valence-electron chi connectivity index (χ4n) is 1.59. The Bertz CT molecular complexity index is 687. The summed E-state index contributed by atoms with van der Waals surface area (Å²) in [5.41, 5.74) is 0.241. The fraction of sp³-hybridized carbons (Fsp3) is 0.0769. The van der Waals surface area contributed by atoms with E-state index in [1.807, 2.05) is 0 Å². The number of carboxylic acid groups (broad SMARTS) is 1. The van der Waals surface area contributed by atoms with Gasteiger partial charge in [-0.05, 0) is 17.7 Å². The van der Waals surface area contributed by atoms with E-state index >= 15 is 0 Å². The van der Waals surface area contributed by atoms with E-state index in [1.54, 1.807) is 12.1 Å². The maximum absolute atomic E-state index is 10.9. The number of hydrogen-bond acceptors (Lipinski definition) is 5. The zero-order valence-corrected chi connectivity index (χ0v) is 11.3. The van der Waals surface area contributed by atoms with Gasteiger partial charge in [0, 0.05) is 6.07 Å². The molecule has 0 fully saturated rings. The Morgan fingerprint density at radius 1 is 1.38 bits per heavy atom. The molecular formula is C13H9ClN2O5. The average Bonchev–Trinajstić information content (AvgIpc) is 2.42. The topological polar surface area (TPSA) is 103 Å². The van der Waals surface area contributed by atoms with Gasteiger partial charge in [-0.15, -0.1) is 0 Å². The van der Waals surface area contributed by atoms with Crippen molar-refractivity contribution in [2.24, 2.45) is 0 Å². The van der Waals surface area contributed by atoms with Gasteiger partial charge in [-0.3, -0.25) is 14.9 Å². The molecule has 0 unspecified atom stereocenters. The first-order valence-electron chi connectivity index (χ1n) is 5.74. The third-order valence-corrected chi connectivity index (χ3v) is 2.70. The highest BCUT2D eigenvalue weighted by atomic mass is 35.5. The van der Waals surface area contributed by atoms with E-state index in [1.165, 1.54) is 18.3 Å². The number of benzene rings is 1. The SMILES string of the molecule is O=C(O)Cc1ccc(Oc2ncc(Cl)cc2[N+](=O)[O-])cc1. The number of ether oxygens (including phenoxy) is 1. The van der Waals surface area contributed by atoms with Crippen molar-refractivity contribution in [2.45, 2.75) is 6.42 Å². The zero-order valence-electron chi connectivity index (χ0n) is 10.5. The summed E-state index contributed by atoms with van der Waals surface area (Å²) < 4.78 is 5.33.